The molecule has 2 aliphatic rings. The number of ketones is 11. The van der Waals surface area contributed by atoms with Crippen LogP contribution in [0.15, 0.2) is 0 Å². The van der Waals surface area contributed by atoms with Gasteiger partial charge in [0.25, 0.3) is 0 Å². The highest BCUT2D eigenvalue weighted by Gasteiger charge is 2.62. The average molecular weight is 2000 g/mol. The lowest BCUT2D eigenvalue weighted by Gasteiger charge is -2.48. The fraction of sp³-hybridized carbons (Fsp3) is 0.761. The standard InChI is InChI=1S/C68H102O35.C24H38O12/c1-36(69)17-54(77)93-44(9)25-85-33-52-62(88-28-47(12)96-57(80)20-39(4)72)64(90-30-49(14)98-59(82)22-41(6)74)65(91-31-50(15)99-60(83)23-42(7)75)67(101-52)103-68(35-87-27-46(11)95-56(79)19-38(3)71)66(92-32-51(16)100-61(84)24-43(8)76)63(89-29-48(13)97-58(81)21-40(5)73)53(102-68)34-86-26-45(10)94-55(78)18-37(2)70;1-15(25)7-22(28)34-18(4)10-31-13-21(33-12-20(6)36-24(30)9-17(3)27)14-32-11-19(5)35-23(29)8-16(2)26/h44-53,62-67H,17-35H2,1-16H3;18-21H,7-14H2,1-6H3/t44?,45?,46?,47?,48?,49?,50?,51?,52-,53-,62-,63-,64+,65-,66+,67?,68+;/m1./s1. The Morgan fingerprint density at radius 2 is 0.446 bits per heavy atom. The van der Waals surface area contributed by atoms with Gasteiger partial charge in [-0.2, -0.15) is 0 Å². The fourth-order valence-corrected chi connectivity index (χ4v) is 12.5. The summed E-state index contributed by atoms with van der Waals surface area (Å²) in [5.74, 6) is -17.2. The smallest absolute Gasteiger partial charge is 0.313 e. The lowest BCUT2D eigenvalue weighted by Crippen LogP contribution is -2.65. The van der Waals surface area contributed by atoms with E-state index in [1.807, 2.05) is 0 Å². The largest absolute Gasteiger partial charge is 0.460 e. The fourth-order valence-electron chi connectivity index (χ4n) is 12.5. The van der Waals surface area contributed by atoms with Gasteiger partial charge < -0.3 is 118 Å². The van der Waals surface area contributed by atoms with Gasteiger partial charge in [0, 0.05) is 0 Å². The first-order valence-electron chi connectivity index (χ1n) is 45.1. The molecule has 47 nitrogen and oxygen atoms in total. The van der Waals surface area contributed by atoms with Gasteiger partial charge in [-0.15, -0.1) is 0 Å². The molecule has 12 unspecified atom stereocenters. The van der Waals surface area contributed by atoms with E-state index in [1.54, 1.807) is 20.8 Å². The van der Waals surface area contributed by atoms with Crippen LogP contribution in [0.5, 0.6) is 0 Å². The SMILES string of the molecule is CC(=O)CC(=O)OC(C)COCC(COCC(C)OC(=O)CC(C)=O)OCC(C)OC(=O)CC(C)=O.CC(=O)CC(=O)OC(C)COC[C@H]1O[C@@](COCC(C)OC(=O)CC(C)=O)(OC2O[C@H](COCC(C)OC(=O)CC(C)=O)[C@@H](OCC(C)OC(=O)CC(C)=O)[C@H](OCC(C)OC(=O)CC(C)=O)[C@H]2OCC(C)OC(=O)CC(C)=O)[C@@H](OCC(C)OC(=O)CC(C)=O)[C@@H]1OCC(C)OC(=O)CC(C)=O. The average Bonchev–Trinajstić information content (AvgIpc) is 1.64. The third-order valence-corrected chi connectivity index (χ3v) is 17.7. The van der Waals surface area contributed by atoms with Crippen LogP contribution in [0, 0.1) is 0 Å². The van der Waals surface area contributed by atoms with Crippen LogP contribution in [0.25, 0.3) is 0 Å². The maximum Gasteiger partial charge on any atom is 0.313 e. The molecule has 0 N–H and O–H groups in total. The van der Waals surface area contributed by atoms with Crippen LogP contribution in [-0.4, -0.2) is 363 Å². The maximum absolute atomic E-state index is 13.0. The van der Waals surface area contributed by atoms with Gasteiger partial charge in [-0.05, 0) is 152 Å². The molecule has 0 aromatic heterocycles. The van der Waals surface area contributed by atoms with E-state index in [9.17, 15) is 105 Å². The molecule has 0 aromatic rings. The molecule has 2 fully saturated rings. The zero-order valence-corrected chi connectivity index (χ0v) is 83.3. The molecule has 2 aliphatic heterocycles. The number of esters is 11. The first-order valence-corrected chi connectivity index (χ1v) is 45.1. The number of hydrogen-bond acceptors (Lipinski definition) is 47. The van der Waals surface area contributed by atoms with Crippen LogP contribution in [0.4, 0.5) is 0 Å². The van der Waals surface area contributed by atoms with Crippen molar-refractivity contribution >= 4 is 129 Å². The van der Waals surface area contributed by atoms with Gasteiger partial charge in [-0.3, -0.25) is 105 Å². The van der Waals surface area contributed by atoms with E-state index in [0.29, 0.717) is 0 Å². The van der Waals surface area contributed by atoms with E-state index >= 15 is 0 Å². The van der Waals surface area contributed by atoms with Crippen molar-refractivity contribution in [1.82, 2.24) is 0 Å². The van der Waals surface area contributed by atoms with Crippen LogP contribution >= 0.6 is 0 Å². The van der Waals surface area contributed by atoms with Crippen molar-refractivity contribution in [3.63, 3.8) is 0 Å². The summed E-state index contributed by atoms with van der Waals surface area (Å²) in [5, 5.41) is 0. The topological polar surface area (TPSA) is 606 Å². The number of Topliss-reactive ketones (excluding diaryl/α,β-unsaturated/α-hetero) is 11. The number of ether oxygens (including phenoxy) is 25. The third-order valence-electron chi connectivity index (χ3n) is 17.7. The van der Waals surface area contributed by atoms with Crippen molar-refractivity contribution in [2.24, 2.45) is 0 Å². The molecule has 139 heavy (non-hydrogen) atoms. The van der Waals surface area contributed by atoms with E-state index in [2.05, 4.69) is 0 Å². The quantitative estimate of drug-likeness (QED) is 0.0479. The molecule has 47 heteroatoms. The molecule has 0 bridgehead atoms. The Bertz CT molecular complexity index is 3980. The van der Waals surface area contributed by atoms with E-state index in [0.717, 1.165) is 41.5 Å². The summed E-state index contributed by atoms with van der Waals surface area (Å²) in [6.07, 6.45) is -31.1. The molecule has 790 valence electrons. The Labute approximate surface area is 806 Å². The first-order chi connectivity index (χ1) is 64.9. The monoisotopic (exact) mass is 2000 g/mol. The summed E-state index contributed by atoms with van der Waals surface area (Å²) in [5.41, 5.74) is 0. The summed E-state index contributed by atoms with van der Waals surface area (Å²) < 4.78 is 149. The molecule has 20 atom stereocenters. The summed E-state index contributed by atoms with van der Waals surface area (Å²) in [7, 11) is 0. The molecule has 0 radical (unpaired) electrons. The number of carbonyl (C=O) groups excluding carboxylic acids is 22. The summed E-state index contributed by atoms with van der Waals surface area (Å²) in [6.45, 7) is 23.2. The highest BCUT2D eigenvalue weighted by molar-refractivity contribution is 5.99. The van der Waals surface area contributed by atoms with Gasteiger partial charge >= 0.3 is 65.7 Å². The van der Waals surface area contributed by atoms with E-state index < -0.39 is 357 Å². The van der Waals surface area contributed by atoms with Crippen molar-refractivity contribution in [2.75, 3.05) is 106 Å². The van der Waals surface area contributed by atoms with E-state index in [-0.39, 0.29) is 76.3 Å². The molecular formula is C92H140O47. The predicted molar refractivity (Wildman–Crippen MR) is 469 cm³/mol. The molecule has 0 amide bonds. The van der Waals surface area contributed by atoms with Crippen LogP contribution in [-0.2, 0) is 224 Å². The molecule has 2 saturated heterocycles. The zero-order valence-electron chi connectivity index (χ0n) is 83.3. The second-order valence-corrected chi connectivity index (χ2v) is 34.2. The molecule has 2 rings (SSSR count). The van der Waals surface area contributed by atoms with Gasteiger partial charge in [-0.1, -0.05) is 0 Å². The Morgan fingerprint density at radius 3 is 0.719 bits per heavy atom. The van der Waals surface area contributed by atoms with Crippen molar-refractivity contribution in [3.8, 4) is 0 Å². The minimum atomic E-state index is -2.61. The summed E-state index contributed by atoms with van der Waals surface area (Å²) in [4.78, 5) is 267. The van der Waals surface area contributed by atoms with Gasteiger partial charge in [-0.25, -0.2) is 0 Å². The molecule has 2 heterocycles. The van der Waals surface area contributed by atoms with Crippen molar-refractivity contribution < 1.29 is 224 Å². The van der Waals surface area contributed by atoms with Crippen molar-refractivity contribution in [3.05, 3.63) is 0 Å². The lowest BCUT2D eigenvalue weighted by molar-refractivity contribution is -0.398. The van der Waals surface area contributed by atoms with Gasteiger partial charge in [0.2, 0.25) is 5.79 Å². The Hall–Kier alpha value is -10.0. The maximum atomic E-state index is 13.0. The lowest BCUT2D eigenvalue weighted by atomic mass is 9.97. The number of hydrogen-bond donors (Lipinski definition) is 0. The number of carbonyl (C=O) groups is 22. The van der Waals surface area contributed by atoms with Crippen molar-refractivity contribution in [2.45, 2.75) is 351 Å². The molecule has 0 saturated carbocycles. The molecular weight excluding hydrogens is 1860 g/mol. The second kappa shape index (κ2) is 68.2. The molecule has 0 aromatic carbocycles. The van der Waals surface area contributed by atoms with Crippen LogP contribution < -0.4 is 0 Å². The second-order valence-electron chi connectivity index (χ2n) is 34.2. The molecule has 0 spiro atoms. The van der Waals surface area contributed by atoms with Crippen LogP contribution in [0.2, 0.25) is 0 Å². The minimum absolute atomic E-state index is 0.00661. The summed E-state index contributed by atoms with van der Waals surface area (Å²) >= 11 is 0. The van der Waals surface area contributed by atoms with Crippen LogP contribution in [0.3, 0.4) is 0 Å². The van der Waals surface area contributed by atoms with Crippen LogP contribution in [0.1, 0.15) is 223 Å². The number of rotatable bonds is 73. The Balaban J connectivity index is 0.00000224. The predicted octanol–water partition coefficient (Wildman–Crippen LogP) is 3.22. The Kier molecular flexibility index (Phi) is 62.3. The minimum Gasteiger partial charge on any atom is -0.460 e. The van der Waals surface area contributed by atoms with E-state index in [4.69, 9.17) is 118 Å². The van der Waals surface area contributed by atoms with Crippen molar-refractivity contribution in [1.29, 1.82) is 0 Å². The normalized spacial score (nSPS) is 20.2. The Morgan fingerprint density at radius 1 is 0.230 bits per heavy atom. The van der Waals surface area contributed by atoms with E-state index in [1.165, 1.54) is 90.0 Å². The van der Waals surface area contributed by atoms with Gasteiger partial charge in [0.15, 0.2) is 6.29 Å². The highest BCUT2D eigenvalue weighted by atomic mass is 16.8. The highest BCUT2D eigenvalue weighted by Crippen LogP contribution is 2.42. The third kappa shape index (κ3) is 60.7. The zero-order chi connectivity index (χ0) is 106. The summed E-state index contributed by atoms with van der Waals surface area (Å²) in [6, 6.07) is 0. The molecule has 0 aliphatic carbocycles. The first kappa shape index (κ1) is 127. The van der Waals surface area contributed by atoms with Gasteiger partial charge in [0.1, 0.15) is 257 Å². The van der Waals surface area contributed by atoms with Gasteiger partial charge in [0.05, 0.1) is 99.1 Å².